The van der Waals surface area contributed by atoms with E-state index in [0.717, 1.165) is 17.2 Å². The third kappa shape index (κ3) is 5.30. The monoisotopic (exact) mass is 478 g/mol. The van der Waals surface area contributed by atoms with Crippen LogP contribution in [-0.2, 0) is 14.4 Å². The molecule has 0 aliphatic carbocycles. The standard InChI is InChI=1S/C24H19ClN2O5Si/c1-15-7-9-22(20(12-26)17(15)3)31-33(25,24(30)19(14-29)6-5-11-28)32-23-10-8-16(2)18(4)21(23)13-27/h5,7-10H,6H2,1-4H3. The Morgan fingerprint density at radius 2 is 1.39 bits per heavy atom. The van der Waals surface area contributed by atoms with E-state index in [0.29, 0.717) is 11.1 Å². The van der Waals surface area contributed by atoms with Crippen LogP contribution in [0.5, 0.6) is 11.5 Å². The third-order valence-corrected chi connectivity index (χ3v) is 7.95. The lowest BCUT2D eigenvalue weighted by Crippen LogP contribution is -2.52. The minimum absolute atomic E-state index is 0.00543. The molecular weight excluding hydrogens is 460 g/mol. The van der Waals surface area contributed by atoms with Crippen molar-refractivity contribution in [3.8, 4) is 23.6 Å². The Morgan fingerprint density at radius 1 is 0.939 bits per heavy atom. The molecular formula is C24H19ClN2O5Si. The molecule has 0 saturated heterocycles. The second-order valence-electron chi connectivity index (χ2n) is 7.16. The van der Waals surface area contributed by atoms with Crippen LogP contribution < -0.4 is 8.85 Å². The van der Waals surface area contributed by atoms with E-state index in [2.05, 4.69) is 0 Å². The van der Waals surface area contributed by atoms with Crippen molar-refractivity contribution in [1.29, 1.82) is 10.5 Å². The Labute approximate surface area is 197 Å². The predicted octanol–water partition coefficient (Wildman–Crippen LogP) is 3.94. The molecule has 0 fully saturated rings. The van der Waals surface area contributed by atoms with Gasteiger partial charge < -0.3 is 8.85 Å². The zero-order valence-corrected chi connectivity index (χ0v) is 20.2. The highest BCUT2D eigenvalue weighted by Gasteiger charge is 2.53. The molecule has 33 heavy (non-hydrogen) atoms. The summed E-state index contributed by atoms with van der Waals surface area (Å²) in [6.07, 6.45) is 0.549. The van der Waals surface area contributed by atoms with Gasteiger partial charge in [0.15, 0.2) is 0 Å². The minimum Gasteiger partial charge on any atom is -0.495 e. The summed E-state index contributed by atoms with van der Waals surface area (Å²) in [6.45, 7) is 7.04. The van der Waals surface area contributed by atoms with Gasteiger partial charge in [-0.15, -0.1) is 0 Å². The number of halogens is 1. The number of hydrogen-bond donors (Lipinski definition) is 0. The first kappa shape index (κ1) is 25.4. The average molecular weight is 479 g/mol. The van der Waals surface area contributed by atoms with Crippen molar-refractivity contribution in [3.05, 3.63) is 69.3 Å². The maximum absolute atomic E-state index is 13.3. The van der Waals surface area contributed by atoms with E-state index in [1.807, 2.05) is 12.1 Å². The van der Waals surface area contributed by atoms with Crippen LogP contribution in [0.2, 0.25) is 0 Å². The fraction of sp³-hybridized carbons (Fsp3) is 0.208. The minimum atomic E-state index is -4.56. The number of carbonyl (C=O) groups excluding carboxylic acids is 3. The van der Waals surface area contributed by atoms with Crippen LogP contribution in [-0.4, -0.2) is 25.2 Å². The Hall–Kier alpha value is -3.90. The van der Waals surface area contributed by atoms with E-state index in [4.69, 9.17) is 19.9 Å². The molecule has 0 aromatic heterocycles. The van der Waals surface area contributed by atoms with Gasteiger partial charge in [-0.05, 0) is 62.1 Å². The highest BCUT2D eigenvalue weighted by molar-refractivity contribution is 7.31. The molecule has 2 aromatic carbocycles. The molecule has 0 radical (unpaired) electrons. The number of hydrogen-bond acceptors (Lipinski definition) is 7. The maximum atomic E-state index is 13.3. The first-order chi connectivity index (χ1) is 15.6. The molecule has 2 aromatic rings. The van der Waals surface area contributed by atoms with Crippen molar-refractivity contribution < 1.29 is 23.2 Å². The largest absolute Gasteiger partial charge is 0.648 e. The number of benzene rings is 2. The second-order valence-corrected chi connectivity index (χ2v) is 10.6. The summed E-state index contributed by atoms with van der Waals surface area (Å²) in [5.74, 6) is 2.95. The molecule has 9 heteroatoms. The van der Waals surface area contributed by atoms with Gasteiger partial charge in [0.05, 0.1) is 16.7 Å². The number of nitriles is 2. The third-order valence-electron chi connectivity index (χ3n) is 5.16. The van der Waals surface area contributed by atoms with Gasteiger partial charge >= 0.3 is 7.87 Å². The summed E-state index contributed by atoms with van der Waals surface area (Å²) >= 11 is 6.67. The smallest absolute Gasteiger partial charge is 0.495 e. The molecule has 0 aliphatic heterocycles. The zero-order valence-electron chi connectivity index (χ0n) is 18.4. The molecule has 166 valence electrons. The quantitative estimate of drug-likeness (QED) is 0.244. The molecule has 0 spiro atoms. The predicted molar refractivity (Wildman–Crippen MR) is 123 cm³/mol. The van der Waals surface area contributed by atoms with E-state index in [-0.39, 0.29) is 29.0 Å². The molecule has 0 bridgehead atoms. The lowest BCUT2D eigenvalue weighted by Gasteiger charge is -2.26. The number of rotatable bonds is 8. The van der Waals surface area contributed by atoms with Crippen molar-refractivity contribution in [2.75, 3.05) is 0 Å². The Morgan fingerprint density at radius 3 is 1.76 bits per heavy atom. The average Bonchev–Trinajstić information content (AvgIpc) is 2.79. The molecule has 0 heterocycles. The molecule has 0 atom stereocenters. The fourth-order valence-corrected chi connectivity index (χ4v) is 5.42. The van der Waals surface area contributed by atoms with Gasteiger partial charge in [-0.2, -0.15) is 10.5 Å². The summed E-state index contributed by atoms with van der Waals surface area (Å²) in [4.78, 5) is 35.3. The number of allylic oxidation sites excluding steroid dienone is 2. The van der Waals surface area contributed by atoms with Crippen molar-refractivity contribution >= 4 is 36.2 Å². The van der Waals surface area contributed by atoms with Gasteiger partial charge in [0.2, 0.25) is 0 Å². The molecule has 0 aliphatic rings. The summed E-state index contributed by atoms with van der Waals surface area (Å²) in [5.41, 5.74) is 2.69. The zero-order chi connectivity index (χ0) is 24.8. The maximum Gasteiger partial charge on any atom is 0.648 e. The van der Waals surface area contributed by atoms with Crippen LogP contribution in [0.15, 0.2) is 35.9 Å². The number of aryl methyl sites for hydroxylation is 2. The van der Waals surface area contributed by atoms with Crippen molar-refractivity contribution in [2.45, 2.75) is 34.1 Å². The van der Waals surface area contributed by atoms with Gasteiger partial charge in [-0.1, -0.05) is 23.2 Å². The van der Waals surface area contributed by atoms with Crippen LogP contribution in [0.1, 0.15) is 39.8 Å². The van der Waals surface area contributed by atoms with E-state index >= 15 is 0 Å². The molecule has 7 nitrogen and oxygen atoms in total. The first-order valence-electron chi connectivity index (χ1n) is 9.69. The summed E-state index contributed by atoms with van der Waals surface area (Å²) in [6, 6.07) is 10.4. The van der Waals surface area contributed by atoms with E-state index in [1.165, 1.54) is 24.0 Å². The molecule has 0 amide bonds. The van der Waals surface area contributed by atoms with Crippen molar-refractivity contribution in [1.82, 2.24) is 0 Å². The van der Waals surface area contributed by atoms with E-state index < -0.39 is 18.9 Å². The van der Waals surface area contributed by atoms with Gasteiger partial charge in [0, 0.05) is 12.5 Å². The first-order valence-corrected chi connectivity index (χ1v) is 12.5. The van der Waals surface area contributed by atoms with E-state index in [1.54, 1.807) is 39.8 Å². The fourth-order valence-electron chi connectivity index (χ4n) is 2.93. The highest BCUT2D eigenvalue weighted by atomic mass is 35.6. The molecule has 0 N–H and O–H groups in total. The molecule has 0 saturated carbocycles. The Bertz CT molecular complexity index is 1240. The highest BCUT2D eigenvalue weighted by Crippen LogP contribution is 2.33. The van der Waals surface area contributed by atoms with Gasteiger partial charge in [0.1, 0.15) is 35.5 Å². The van der Waals surface area contributed by atoms with Crippen molar-refractivity contribution in [3.63, 3.8) is 0 Å². The van der Waals surface area contributed by atoms with Crippen LogP contribution in [0.25, 0.3) is 0 Å². The van der Waals surface area contributed by atoms with Crippen molar-refractivity contribution in [2.24, 2.45) is 0 Å². The summed E-state index contributed by atoms with van der Waals surface area (Å²) < 4.78 is 11.7. The topological polar surface area (TPSA) is 117 Å². The van der Waals surface area contributed by atoms with Crippen LogP contribution in [0.4, 0.5) is 0 Å². The Kier molecular flexibility index (Phi) is 8.15. The van der Waals surface area contributed by atoms with E-state index in [9.17, 15) is 24.9 Å². The SMILES string of the molecule is Cc1ccc(O[Si](Cl)(Oc2ccc(C)c(C)c2C#N)C(=O)C(=C=O)CC=C=O)c(C#N)c1C. The van der Waals surface area contributed by atoms with Crippen LogP contribution in [0, 0.1) is 50.4 Å². The second kappa shape index (κ2) is 10.6. The summed E-state index contributed by atoms with van der Waals surface area (Å²) in [5, 5.41) is 18.3. The van der Waals surface area contributed by atoms with Gasteiger partial charge in [-0.25, -0.2) is 9.59 Å². The lowest BCUT2D eigenvalue weighted by atomic mass is 10.0. The van der Waals surface area contributed by atoms with Gasteiger partial charge in [-0.3, -0.25) is 4.79 Å². The van der Waals surface area contributed by atoms with Crippen LogP contribution >= 0.6 is 11.1 Å². The number of nitrogens with zero attached hydrogens (tertiary/aromatic N) is 2. The lowest BCUT2D eigenvalue weighted by molar-refractivity contribution is -0.110. The molecule has 0 unspecified atom stereocenters. The van der Waals surface area contributed by atoms with Gasteiger partial charge in [0.25, 0.3) is 5.41 Å². The normalized spacial score (nSPS) is 10.2. The van der Waals surface area contributed by atoms with Crippen LogP contribution in [0.3, 0.4) is 0 Å². The number of carbonyl (C=O) groups is 1. The molecule has 2 rings (SSSR count). The Balaban J connectivity index is 2.70. The summed E-state index contributed by atoms with van der Waals surface area (Å²) in [7, 11) is -4.56.